The van der Waals surface area contributed by atoms with Crippen LogP contribution >= 0.6 is 0 Å². The van der Waals surface area contributed by atoms with Gasteiger partial charge in [-0.1, -0.05) is 74.0 Å². The van der Waals surface area contributed by atoms with Crippen LogP contribution in [0.15, 0.2) is 83.7 Å². The second-order valence-corrected chi connectivity index (χ2v) is 8.53. The van der Waals surface area contributed by atoms with Crippen LogP contribution in [-0.2, 0) is 12.8 Å². The zero-order valence-corrected chi connectivity index (χ0v) is 20.2. The number of aryl methyl sites for hydroxylation is 4. The van der Waals surface area contributed by atoms with Crippen molar-refractivity contribution < 1.29 is 4.79 Å². The summed E-state index contributed by atoms with van der Waals surface area (Å²) in [6.07, 6.45) is 1.58. The highest BCUT2D eigenvalue weighted by Crippen LogP contribution is 2.29. The summed E-state index contributed by atoms with van der Waals surface area (Å²) in [5, 5.41) is 3.11. The molecule has 0 radical (unpaired) electrons. The number of pyridine rings is 1. The number of anilines is 1. The van der Waals surface area contributed by atoms with Crippen LogP contribution in [0.3, 0.4) is 0 Å². The quantitative estimate of drug-likeness (QED) is 0.365. The summed E-state index contributed by atoms with van der Waals surface area (Å²) in [5.41, 5.74) is 6.93. The van der Waals surface area contributed by atoms with Crippen LogP contribution in [0.2, 0.25) is 0 Å². The lowest BCUT2D eigenvalue weighted by Gasteiger charge is -2.21. The minimum absolute atomic E-state index is 0.146. The number of hydrogen-bond donors (Lipinski definition) is 1. The van der Waals surface area contributed by atoms with Gasteiger partial charge in [-0.05, 0) is 61.6 Å². The van der Waals surface area contributed by atoms with Crippen molar-refractivity contribution in [3.05, 3.63) is 117 Å². The molecule has 0 saturated heterocycles. The maximum absolute atomic E-state index is 13.8. The van der Waals surface area contributed by atoms with Gasteiger partial charge in [0, 0.05) is 23.1 Å². The number of nitrogens with zero attached hydrogens (tertiary/aromatic N) is 1. The van der Waals surface area contributed by atoms with Crippen LogP contribution in [0.4, 0.5) is 5.69 Å². The van der Waals surface area contributed by atoms with Gasteiger partial charge in [-0.3, -0.25) is 9.59 Å². The topological polar surface area (TPSA) is 51.1 Å². The second-order valence-electron chi connectivity index (χ2n) is 8.53. The van der Waals surface area contributed by atoms with Gasteiger partial charge in [0.2, 0.25) is 0 Å². The number of nitrogens with one attached hydrogen (secondary N) is 1. The minimum Gasteiger partial charge on any atom is -0.321 e. The lowest BCUT2D eigenvalue weighted by molar-refractivity contribution is 0.102. The van der Waals surface area contributed by atoms with E-state index in [-0.39, 0.29) is 16.9 Å². The summed E-state index contributed by atoms with van der Waals surface area (Å²) < 4.78 is 2.00. The van der Waals surface area contributed by atoms with E-state index in [2.05, 4.69) is 19.2 Å². The molecule has 34 heavy (non-hydrogen) atoms. The van der Waals surface area contributed by atoms with Gasteiger partial charge in [0.25, 0.3) is 5.91 Å². The van der Waals surface area contributed by atoms with Gasteiger partial charge in [0.1, 0.15) is 5.56 Å². The van der Waals surface area contributed by atoms with Crippen molar-refractivity contribution in [1.82, 2.24) is 4.57 Å². The first kappa shape index (κ1) is 23.2. The molecule has 0 aliphatic carbocycles. The summed E-state index contributed by atoms with van der Waals surface area (Å²) in [6.45, 7) is 8.04. The number of para-hydroxylation sites is 2. The summed E-state index contributed by atoms with van der Waals surface area (Å²) in [5.74, 6) is -0.387. The predicted octanol–water partition coefficient (Wildman–Crippen LogP) is 6.50. The monoisotopic (exact) mass is 450 g/mol. The molecule has 0 aliphatic heterocycles. The molecule has 0 bridgehead atoms. The zero-order chi connectivity index (χ0) is 24.2. The van der Waals surface area contributed by atoms with Crippen LogP contribution in [0.1, 0.15) is 46.6 Å². The Morgan fingerprint density at radius 1 is 0.824 bits per heavy atom. The molecule has 0 fully saturated rings. The van der Waals surface area contributed by atoms with Crippen molar-refractivity contribution in [2.24, 2.45) is 0 Å². The third-order valence-corrected chi connectivity index (χ3v) is 6.17. The molecule has 4 nitrogen and oxygen atoms in total. The minimum atomic E-state index is -0.387. The normalized spacial score (nSPS) is 10.8. The Bertz CT molecular complexity index is 1380. The zero-order valence-electron chi connectivity index (χ0n) is 20.2. The first-order valence-corrected chi connectivity index (χ1v) is 11.8. The van der Waals surface area contributed by atoms with Crippen LogP contribution in [0.5, 0.6) is 0 Å². The molecule has 3 aromatic carbocycles. The summed E-state index contributed by atoms with van der Waals surface area (Å²) >= 11 is 0. The Morgan fingerprint density at radius 3 is 2.09 bits per heavy atom. The number of rotatable bonds is 6. The van der Waals surface area contributed by atoms with Crippen molar-refractivity contribution >= 4 is 11.6 Å². The summed E-state index contributed by atoms with van der Waals surface area (Å²) in [7, 11) is 0. The van der Waals surface area contributed by atoms with E-state index in [0.717, 1.165) is 52.2 Å². The predicted molar refractivity (Wildman–Crippen MR) is 140 cm³/mol. The Kier molecular flexibility index (Phi) is 6.78. The number of amides is 1. The fourth-order valence-electron chi connectivity index (χ4n) is 4.51. The van der Waals surface area contributed by atoms with E-state index < -0.39 is 0 Å². The molecule has 172 valence electrons. The van der Waals surface area contributed by atoms with Gasteiger partial charge < -0.3 is 9.88 Å². The third-order valence-electron chi connectivity index (χ3n) is 6.17. The molecule has 0 spiro atoms. The van der Waals surface area contributed by atoms with Crippen molar-refractivity contribution in [3.8, 4) is 16.9 Å². The number of carbonyl (C=O) groups excluding carboxylic acids is 1. The number of hydrogen-bond acceptors (Lipinski definition) is 2. The standard InChI is InChI=1S/C30H30N2O2/c1-5-22-13-11-14-23(6-2)28(22)31-30(34)27-26(33)19-21(4)32(25-16-8-7-9-17-25)29(27)24-15-10-12-20(3)18-24/h7-19H,5-6H2,1-4H3,(H,31,34). The Balaban J connectivity index is 1.99. The largest absolute Gasteiger partial charge is 0.321 e. The molecule has 0 unspecified atom stereocenters. The molecule has 0 atom stereocenters. The van der Waals surface area contributed by atoms with E-state index in [1.54, 1.807) is 6.07 Å². The van der Waals surface area contributed by atoms with E-state index in [1.807, 2.05) is 91.2 Å². The van der Waals surface area contributed by atoms with Gasteiger partial charge in [-0.25, -0.2) is 0 Å². The maximum Gasteiger partial charge on any atom is 0.261 e. The SMILES string of the molecule is CCc1cccc(CC)c1NC(=O)c1c(-c2cccc(C)c2)n(-c2ccccc2)c(C)cc1=O. The van der Waals surface area contributed by atoms with Crippen LogP contribution in [0.25, 0.3) is 16.9 Å². The molecule has 1 amide bonds. The molecule has 1 N–H and O–H groups in total. The second kappa shape index (κ2) is 9.92. The molecular weight excluding hydrogens is 420 g/mol. The van der Waals surface area contributed by atoms with Crippen molar-refractivity contribution in [3.63, 3.8) is 0 Å². The van der Waals surface area contributed by atoms with E-state index in [4.69, 9.17) is 0 Å². The average Bonchev–Trinajstić information content (AvgIpc) is 2.84. The average molecular weight is 451 g/mol. The smallest absolute Gasteiger partial charge is 0.261 e. The molecular formula is C30H30N2O2. The van der Waals surface area contributed by atoms with Crippen molar-refractivity contribution in [2.45, 2.75) is 40.5 Å². The Hall–Kier alpha value is -3.92. The lowest BCUT2D eigenvalue weighted by atomic mass is 9.99. The van der Waals surface area contributed by atoms with E-state index in [9.17, 15) is 9.59 Å². The van der Waals surface area contributed by atoms with E-state index in [0.29, 0.717) is 5.69 Å². The van der Waals surface area contributed by atoms with Crippen molar-refractivity contribution in [2.75, 3.05) is 5.32 Å². The molecule has 0 saturated carbocycles. The number of carbonyl (C=O) groups is 1. The van der Waals surface area contributed by atoms with Gasteiger partial charge in [-0.2, -0.15) is 0 Å². The van der Waals surface area contributed by atoms with Gasteiger partial charge in [-0.15, -0.1) is 0 Å². The van der Waals surface area contributed by atoms with Crippen LogP contribution in [-0.4, -0.2) is 10.5 Å². The third kappa shape index (κ3) is 4.44. The van der Waals surface area contributed by atoms with Crippen molar-refractivity contribution in [1.29, 1.82) is 0 Å². The van der Waals surface area contributed by atoms with Crippen LogP contribution in [0, 0.1) is 13.8 Å². The molecule has 4 aromatic rings. The first-order chi connectivity index (χ1) is 16.4. The summed E-state index contributed by atoms with van der Waals surface area (Å²) in [4.78, 5) is 27.2. The van der Waals surface area contributed by atoms with Gasteiger partial charge in [0.05, 0.1) is 5.69 Å². The molecule has 0 aliphatic rings. The highest BCUT2D eigenvalue weighted by molar-refractivity contribution is 6.09. The highest BCUT2D eigenvalue weighted by Gasteiger charge is 2.24. The summed E-state index contributed by atoms with van der Waals surface area (Å²) in [6, 6.07) is 25.4. The molecule has 1 heterocycles. The van der Waals surface area contributed by atoms with E-state index >= 15 is 0 Å². The molecule has 1 aromatic heterocycles. The Morgan fingerprint density at radius 2 is 1.47 bits per heavy atom. The fourth-order valence-corrected chi connectivity index (χ4v) is 4.51. The maximum atomic E-state index is 13.8. The molecule has 4 rings (SSSR count). The molecule has 4 heteroatoms. The first-order valence-electron chi connectivity index (χ1n) is 11.8. The van der Waals surface area contributed by atoms with E-state index in [1.165, 1.54) is 0 Å². The number of benzene rings is 3. The van der Waals surface area contributed by atoms with Gasteiger partial charge >= 0.3 is 0 Å². The number of aromatic nitrogens is 1. The highest BCUT2D eigenvalue weighted by atomic mass is 16.2. The Labute approximate surface area is 200 Å². The fraction of sp³-hybridized carbons (Fsp3) is 0.200. The van der Waals surface area contributed by atoms with Gasteiger partial charge in [0.15, 0.2) is 5.43 Å². The van der Waals surface area contributed by atoms with Crippen LogP contribution < -0.4 is 10.7 Å². The lowest BCUT2D eigenvalue weighted by Crippen LogP contribution is -2.27.